The van der Waals surface area contributed by atoms with Crippen LogP contribution in [-0.2, 0) is 4.79 Å². The van der Waals surface area contributed by atoms with Gasteiger partial charge in [0.05, 0.1) is 9.21 Å². The van der Waals surface area contributed by atoms with Crippen LogP contribution in [0.2, 0.25) is 4.34 Å². The second-order valence-electron chi connectivity index (χ2n) is 8.67. The molecule has 154 valence electrons. The second kappa shape index (κ2) is 7.74. The number of amides is 2. The largest absolute Gasteiger partial charge is 0.337 e. The number of thiophene rings is 1. The normalized spacial score (nSPS) is 21.4. The summed E-state index contributed by atoms with van der Waals surface area (Å²) in [5.74, 6) is 0.544. The average molecular weight is 432 g/mol. The molecule has 2 unspecified atom stereocenters. The number of nitrogens with one attached hydrogen (secondary N) is 2. The Labute approximate surface area is 180 Å². The summed E-state index contributed by atoms with van der Waals surface area (Å²) < 4.78 is 0.544. The number of carbonyl (C=O) groups is 2. The number of benzene rings is 1. The van der Waals surface area contributed by atoms with Crippen molar-refractivity contribution in [1.29, 1.82) is 0 Å². The van der Waals surface area contributed by atoms with Crippen molar-refractivity contribution in [2.45, 2.75) is 44.1 Å². The second-order valence-corrected chi connectivity index (χ2v) is 10.4. The highest BCUT2D eigenvalue weighted by Gasteiger charge is 2.34. The molecule has 5 nitrogen and oxygen atoms in total. The van der Waals surface area contributed by atoms with E-state index in [1.807, 2.05) is 6.07 Å². The molecule has 0 radical (unpaired) electrons. The van der Waals surface area contributed by atoms with Gasteiger partial charge in [0, 0.05) is 18.8 Å². The maximum absolute atomic E-state index is 12.9. The third-order valence-electron chi connectivity index (χ3n) is 5.94. The fourth-order valence-corrected chi connectivity index (χ4v) is 5.36. The fourth-order valence-electron chi connectivity index (χ4n) is 4.42. The van der Waals surface area contributed by atoms with Crippen LogP contribution >= 0.6 is 22.9 Å². The number of hydrogen-bond acceptors (Lipinski definition) is 4. The number of halogens is 1. The van der Waals surface area contributed by atoms with E-state index < -0.39 is 5.54 Å². The first-order valence-electron chi connectivity index (χ1n) is 9.94. The number of nitrogens with zero attached hydrogens (tertiary/aromatic N) is 1. The molecule has 2 bridgehead atoms. The van der Waals surface area contributed by atoms with Gasteiger partial charge in [-0.15, -0.1) is 11.3 Å². The molecule has 1 fully saturated rings. The van der Waals surface area contributed by atoms with Crippen molar-refractivity contribution in [1.82, 2.24) is 10.2 Å². The number of hydrogen-bond donors (Lipinski definition) is 2. The van der Waals surface area contributed by atoms with Gasteiger partial charge in [0.25, 0.3) is 5.91 Å². The van der Waals surface area contributed by atoms with Gasteiger partial charge in [-0.3, -0.25) is 9.59 Å². The maximum atomic E-state index is 12.9. The first-order chi connectivity index (χ1) is 13.7. The summed E-state index contributed by atoms with van der Waals surface area (Å²) in [5.41, 5.74) is 2.51. The van der Waals surface area contributed by atoms with Crippen molar-refractivity contribution in [3.05, 3.63) is 50.7 Å². The highest BCUT2D eigenvalue weighted by Crippen LogP contribution is 2.43. The molecule has 1 saturated heterocycles. The Morgan fingerprint density at radius 1 is 1.10 bits per heavy atom. The molecule has 0 saturated carbocycles. The zero-order valence-electron chi connectivity index (χ0n) is 16.9. The highest BCUT2D eigenvalue weighted by molar-refractivity contribution is 7.18. The molecule has 2 amide bonds. The van der Waals surface area contributed by atoms with Crippen molar-refractivity contribution in [3.63, 3.8) is 0 Å². The molecule has 0 spiro atoms. The van der Waals surface area contributed by atoms with Crippen molar-refractivity contribution in [2.24, 2.45) is 0 Å². The lowest BCUT2D eigenvalue weighted by atomic mass is 9.78. The van der Waals surface area contributed by atoms with E-state index >= 15 is 0 Å². The highest BCUT2D eigenvalue weighted by atomic mass is 35.5. The SMILES string of the molecule is CN1CC2CCC(C1)c1cc(NC(=O)C(C)(C)NC(=O)c3ccc(Cl)s3)ccc12. The molecular formula is C22H26ClN3O2S. The minimum atomic E-state index is -1.06. The van der Waals surface area contributed by atoms with Crippen LogP contribution in [0.1, 0.15) is 59.3 Å². The van der Waals surface area contributed by atoms with Crippen LogP contribution in [-0.4, -0.2) is 42.4 Å². The first kappa shape index (κ1) is 20.4. The van der Waals surface area contributed by atoms with Gasteiger partial charge < -0.3 is 15.5 Å². The van der Waals surface area contributed by atoms with Gasteiger partial charge in [-0.25, -0.2) is 0 Å². The molecule has 2 N–H and O–H groups in total. The Kier molecular flexibility index (Phi) is 5.44. The maximum Gasteiger partial charge on any atom is 0.262 e. The lowest BCUT2D eigenvalue weighted by molar-refractivity contribution is -0.120. The smallest absolute Gasteiger partial charge is 0.262 e. The molecule has 29 heavy (non-hydrogen) atoms. The third-order valence-corrected chi connectivity index (χ3v) is 7.17. The summed E-state index contributed by atoms with van der Waals surface area (Å²) in [4.78, 5) is 28.2. The van der Waals surface area contributed by atoms with Crippen molar-refractivity contribution >= 4 is 40.4 Å². The van der Waals surface area contributed by atoms with Crippen LogP contribution in [0.25, 0.3) is 0 Å². The summed E-state index contributed by atoms with van der Waals surface area (Å²) in [7, 11) is 2.19. The molecule has 2 atom stereocenters. The lowest BCUT2D eigenvalue weighted by Gasteiger charge is -2.28. The predicted octanol–water partition coefficient (Wildman–Crippen LogP) is 4.46. The zero-order valence-corrected chi connectivity index (χ0v) is 18.5. The molecule has 3 heterocycles. The van der Waals surface area contributed by atoms with E-state index in [0.717, 1.165) is 18.8 Å². The Hall–Kier alpha value is -1.89. The molecule has 2 aromatic rings. The monoisotopic (exact) mass is 431 g/mol. The topological polar surface area (TPSA) is 61.4 Å². The molecule has 7 heteroatoms. The van der Waals surface area contributed by atoms with Gasteiger partial charge in [-0.2, -0.15) is 0 Å². The summed E-state index contributed by atoms with van der Waals surface area (Å²) in [6.45, 7) is 5.57. The van der Waals surface area contributed by atoms with E-state index in [-0.39, 0.29) is 11.8 Å². The van der Waals surface area contributed by atoms with Crippen LogP contribution in [0.5, 0.6) is 0 Å². The summed E-state index contributed by atoms with van der Waals surface area (Å²) in [6, 6.07) is 9.61. The van der Waals surface area contributed by atoms with Gasteiger partial charge in [-0.1, -0.05) is 17.7 Å². The minimum Gasteiger partial charge on any atom is -0.337 e. The van der Waals surface area contributed by atoms with E-state index in [9.17, 15) is 9.59 Å². The van der Waals surface area contributed by atoms with Gasteiger partial charge in [0.1, 0.15) is 5.54 Å². The first-order valence-corrected chi connectivity index (χ1v) is 11.1. The number of fused-ring (bicyclic) bond motifs is 3. The molecule has 5 rings (SSSR count). The quantitative estimate of drug-likeness (QED) is 0.751. The predicted molar refractivity (Wildman–Crippen MR) is 118 cm³/mol. The van der Waals surface area contributed by atoms with Gasteiger partial charge in [0.15, 0.2) is 0 Å². The molecule has 1 aromatic heterocycles. The zero-order chi connectivity index (χ0) is 20.8. The van der Waals surface area contributed by atoms with Crippen LogP contribution in [0.3, 0.4) is 0 Å². The fraction of sp³-hybridized carbons (Fsp3) is 0.455. The molecule has 1 aliphatic carbocycles. The Morgan fingerprint density at radius 2 is 1.79 bits per heavy atom. The van der Waals surface area contributed by atoms with Crippen LogP contribution in [0, 0.1) is 0 Å². The van der Waals surface area contributed by atoms with Crippen molar-refractivity contribution in [2.75, 3.05) is 25.5 Å². The molecule has 1 aromatic carbocycles. The summed E-state index contributed by atoms with van der Waals surface area (Å²) in [5, 5.41) is 5.80. The standard InChI is InChI=1S/C22H26ClN3O2S/c1-22(2,25-20(27)18-8-9-19(23)29-18)21(28)24-15-6-7-16-13-4-5-14(17(16)10-15)12-26(3)11-13/h6-10,13-14H,4-5,11-12H2,1-3H3,(H,24,28)(H,25,27). The van der Waals surface area contributed by atoms with Gasteiger partial charge in [-0.05, 0) is 81.0 Å². The molecule has 2 aliphatic heterocycles. The number of anilines is 1. The molecular weight excluding hydrogens is 406 g/mol. The van der Waals surface area contributed by atoms with E-state index in [1.54, 1.807) is 26.0 Å². The van der Waals surface area contributed by atoms with E-state index in [1.165, 1.54) is 35.3 Å². The van der Waals surface area contributed by atoms with Crippen molar-refractivity contribution in [3.8, 4) is 0 Å². The minimum absolute atomic E-state index is 0.246. The Bertz CT molecular complexity index is 955. The van der Waals surface area contributed by atoms with Crippen LogP contribution in [0.4, 0.5) is 5.69 Å². The van der Waals surface area contributed by atoms with E-state index in [4.69, 9.17) is 11.6 Å². The Balaban J connectivity index is 1.48. The van der Waals surface area contributed by atoms with Gasteiger partial charge >= 0.3 is 0 Å². The van der Waals surface area contributed by atoms with Crippen molar-refractivity contribution < 1.29 is 9.59 Å². The summed E-state index contributed by atoms with van der Waals surface area (Å²) in [6.07, 6.45) is 2.43. The third kappa shape index (κ3) is 4.20. The van der Waals surface area contributed by atoms with E-state index in [0.29, 0.717) is 21.0 Å². The van der Waals surface area contributed by atoms with Gasteiger partial charge in [0.2, 0.25) is 5.91 Å². The average Bonchev–Trinajstić information content (AvgIpc) is 2.94. The number of carbonyl (C=O) groups excluding carboxylic acids is 2. The van der Waals surface area contributed by atoms with Crippen LogP contribution < -0.4 is 10.6 Å². The van der Waals surface area contributed by atoms with Crippen LogP contribution in [0.15, 0.2) is 30.3 Å². The molecule has 3 aliphatic rings. The number of rotatable bonds is 4. The van der Waals surface area contributed by atoms with E-state index in [2.05, 4.69) is 34.7 Å². The summed E-state index contributed by atoms with van der Waals surface area (Å²) >= 11 is 7.10. The Morgan fingerprint density at radius 3 is 2.45 bits per heavy atom. The number of likely N-dealkylation sites (N-methyl/N-ethyl adjacent to an activating group) is 1. The lowest BCUT2D eigenvalue weighted by Crippen LogP contribution is -2.52.